The largest absolute Gasteiger partial charge is 0.480 e. The molecule has 4 aliphatic carbocycles. The number of piperazine rings is 1. The van der Waals surface area contributed by atoms with Crippen LogP contribution in [0.25, 0.3) is 0 Å². The Kier molecular flexibility index (Phi) is 7.76. The van der Waals surface area contributed by atoms with Gasteiger partial charge in [0.15, 0.2) is 6.61 Å². The normalized spacial score (nSPS) is 30.3. The SMILES string of the molecule is CCOC(=O)COc1ccc(N2CCN(c3cccc(C(=O)NC4[C@@H]5CC6C[C@@H]4CC(O)(C6)C5)n3)[C@H](C)C2)cc1Cl. The molecular formula is C31H39ClN4O5. The third-order valence-electron chi connectivity index (χ3n) is 9.36. The first-order chi connectivity index (χ1) is 19.7. The molecule has 41 heavy (non-hydrogen) atoms. The highest BCUT2D eigenvalue weighted by atomic mass is 35.5. The van der Waals surface area contributed by atoms with E-state index in [0.717, 1.165) is 63.2 Å². The van der Waals surface area contributed by atoms with Crippen molar-refractivity contribution >= 4 is 35.0 Å². The lowest BCUT2D eigenvalue weighted by Gasteiger charge is -2.58. The van der Waals surface area contributed by atoms with Gasteiger partial charge in [0.25, 0.3) is 5.91 Å². The van der Waals surface area contributed by atoms with E-state index in [2.05, 4.69) is 22.0 Å². The fourth-order valence-electron chi connectivity index (χ4n) is 7.83. The summed E-state index contributed by atoms with van der Waals surface area (Å²) in [7, 11) is 0. The first-order valence-electron chi connectivity index (χ1n) is 14.8. The van der Waals surface area contributed by atoms with E-state index in [1.54, 1.807) is 19.1 Å². The van der Waals surface area contributed by atoms with Gasteiger partial charge in [0.05, 0.1) is 17.2 Å². The summed E-state index contributed by atoms with van der Waals surface area (Å²) in [5, 5.41) is 14.6. The molecule has 9 nitrogen and oxygen atoms in total. The summed E-state index contributed by atoms with van der Waals surface area (Å²) in [6, 6.07) is 11.5. The minimum atomic E-state index is -0.514. The average Bonchev–Trinajstić information content (AvgIpc) is 2.93. The molecule has 5 aliphatic rings. The number of carbonyl (C=O) groups is 2. The summed E-state index contributed by atoms with van der Waals surface area (Å²) in [5.41, 5.74) is 0.903. The highest BCUT2D eigenvalue weighted by Gasteiger charge is 2.55. The van der Waals surface area contributed by atoms with Crippen LogP contribution in [0.2, 0.25) is 5.02 Å². The number of pyridine rings is 1. The Balaban J connectivity index is 1.07. The van der Waals surface area contributed by atoms with Crippen molar-refractivity contribution in [1.29, 1.82) is 0 Å². The number of carbonyl (C=O) groups excluding carboxylic acids is 2. The molecule has 0 spiro atoms. The Labute approximate surface area is 246 Å². The van der Waals surface area contributed by atoms with Crippen molar-refractivity contribution in [3.8, 4) is 5.75 Å². The zero-order valence-electron chi connectivity index (χ0n) is 23.7. The summed E-state index contributed by atoms with van der Waals surface area (Å²) in [4.78, 5) is 34.2. The van der Waals surface area contributed by atoms with Crippen LogP contribution in [0.1, 0.15) is 56.4 Å². The number of hydrogen-bond donors (Lipinski definition) is 2. The van der Waals surface area contributed by atoms with Crippen molar-refractivity contribution in [2.75, 3.05) is 42.6 Å². The molecule has 7 rings (SSSR count). The Hall–Kier alpha value is -3.04. The van der Waals surface area contributed by atoms with Crippen LogP contribution in [0.3, 0.4) is 0 Å². The monoisotopic (exact) mass is 582 g/mol. The van der Waals surface area contributed by atoms with Crippen LogP contribution in [0, 0.1) is 17.8 Å². The smallest absolute Gasteiger partial charge is 0.344 e. The number of esters is 1. The van der Waals surface area contributed by atoms with Gasteiger partial charge in [0, 0.05) is 37.4 Å². The third-order valence-corrected chi connectivity index (χ3v) is 9.65. The van der Waals surface area contributed by atoms with Crippen LogP contribution < -0.4 is 19.9 Å². The van der Waals surface area contributed by atoms with Gasteiger partial charge in [-0.2, -0.15) is 0 Å². The molecule has 1 aliphatic heterocycles. The minimum Gasteiger partial charge on any atom is -0.480 e. The van der Waals surface area contributed by atoms with Gasteiger partial charge in [0.1, 0.15) is 17.3 Å². The number of ether oxygens (including phenoxy) is 2. The molecule has 10 heteroatoms. The minimum absolute atomic E-state index is 0.123. The van der Waals surface area contributed by atoms with Gasteiger partial charge >= 0.3 is 5.97 Å². The average molecular weight is 583 g/mol. The van der Waals surface area contributed by atoms with E-state index in [-0.39, 0.29) is 24.6 Å². The number of aromatic nitrogens is 1. The highest BCUT2D eigenvalue weighted by molar-refractivity contribution is 6.32. The lowest BCUT2D eigenvalue weighted by atomic mass is 9.52. The Morgan fingerprint density at radius 1 is 1.15 bits per heavy atom. The predicted molar refractivity (Wildman–Crippen MR) is 157 cm³/mol. The number of hydrogen-bond acceptors (Lipinski definition) is 8. The summed E-state index contributed by atoms with van der Waals surface area (Å²) < 4.78 is 10.4. The molecule has 1 amide bonds. The van der Waals surface area contributed by atoms with Crippen LogP contribution in [0.4, 0.5) is 11.5 Å². The standard InChI is InChI=1S/C31H39ClN4O5/c1-3-40-28(37)18-41-26-8-7-23(13-24(26)32)35-9-10-36(19(2)17-35)27-6-4-5-25(33-27)30(38)34-29-21-11-20-12-22(29)16-31(39,14-20)15-21/h4-8,13,19-22,29,39H,3,9-12,14-18H2,1-2H3,(H,34,38)/t19-,20?,21-,22-,29?,31?/m1/s1. The molecule has 4 bridgehead atoms. The number of nitrogens with zero attached hydrogens (tertiary/aromatic N) is 3. The second-order valence-electron chi connectivity index (χ2n) is 12.3. The Morgan fingerprint density at radius 3 is 2.61 bits per heavy atom. The number of rotatable bonds is 8. The molecule has 0 unspecified atom stereocenters. The van der Waals surface area contributed by atoms with Crippen molar-refractivity contribution in [1.82, 2.24) is 10.3 Å². The number of halogens is 1. The molecular weight excluding hydrogens is 544 g/mol. The zero-order valence-corrected chi connectivity index (χ0v) is 24.5. The van der Waals surface area contributed by atoms with Gasteiger partial charge in [-0.1, -0.05) is 17.7 Å². The quantitative estimate of drug-likeness (QED) is 0.449. The van der Waals surface area contributed by atoms with E-state index in [1.807, 2.05) is 24.3 Å². The molecule has 3 atom stereocenters. The van der Waals surface area contributed by atoms with E-state index in [4.69, 9.17) is 26.1 Å². The first kappa shape index (κ1) is 28.1. The summed E-state index contributed by atoms with van der Waals surface area (Å²) in [5.74, 6) is 2.01. The predicted octanol–water partition coefficient (Wildman–Crippen LogP) is 4.06. The van der Waals surface area contributed by atoms with E-state index < -0.39 is 11.6 Å². The molecule has 5 fully saturated rings. The van der Waals surface area contributed by atoms with E-state index in [9.17, 15) is 14.7 Å². The lowest BCUT2D eigenvalue weighted by Crippen LogP contribution is -2.61. The van der Waals surface area contributed by atoms with Crippen molar-refractivity contribution in [2.45, 2.75) is 63.6 Å². The van der Waals surface area contributed by atoms with Gasteiger partial charge in [0.2, 0.25) is 0 Å². The fraction of sp³-hybridized carbons (Fsp3) is 0.581. The molecule has 1 aromatic heterocycles. The third kappa shape index (κ3) is 5.84. The molecule has 1 saturated heterocycles. The first-order valence-corrected chi connectivity index (χ1v) is 15.2. The summed E-state index contributed by atoms with van der Waals surface area (Å²) >= 11 is 6.46. The topological polar surface area (TPSA) is 104 Å². The maximum atomic E-state index is 13.3. The number of nitrogens with one attached hydrogen (secondary N) is 1. The molecule has 220 valence electrons. The molecule has 2 aromatic rings. The van der Waals surface area contributed by atoms with Gasteiger partial charge < -0.3 is 29.7 Å². The second-order valence-corrected chi connectivity index (χ2v) is 12.7. The Bertz CT molecular complexity index is 1290. The van der Waals surface area contributed by atoms with Crippen LogP contribution >= 0.6 is 11.6 Å². The van der Waals surface area contributed by atoms with Crippen LogP contribution in [0.15, 0.2) is 36.4 Å². The number of benzene rings is 1. The van der Waals surface area contributed by atoms with Crippen molar-refractivity contribution in [2.24, 2.45) is 17.8 Å². The van der Waals surface area contributed by atoms with Crippen LogP contribution in [-0.4, -0.2) is 72.5 Å². The lowest BCUT2D eigenvalue weighted by molar-refractivity contribution is -0.145. The zero-order chi connectivity index (χ0) is 28.7. The molecule has 0 radical (unpaired) electrons. The highest BCUT2D eigenvalue weighted by Crippen LogP contribution is 2.55. The van der Waals surface area contributed by atoms with Gasteiger partial charge in [-0.3, -0.25) is 4.79 Å². The maximum Gasteiger partial charge on any atom is 0.344 e. The van der Waals surface area contributed by atoms with Crippen LogP contribution in [0.5, 0.6) is 5.75 Å². The molecule has 1 aromatic carbocycles. The molecule has 4 saturated carbocycles. The molecule has 2 N–H and O–H groups in total. The van der Waals surface area contributed by atoms with Crippen LogP contribution in [-0.2, 0) is 9.53 Å². The molecule has 2 heterocycles. The van der Waals surface area contributed by atoms with Crippen molar-refractivity contribution in [3.05, 3.63) is 47.1 Å². The number of aliphatic hydroxyl groups is 1. The van der Waals surface area contributed by atoms with Crippen molar-refractivity contribution < 1.29 is 24.2 Å². The summed E-state index contributed by atoms with van der Waals surface area (Å²) in [6.45, 7) is 6.28. The van der Waals surface area contributed by atoms with E-state index >= 15 is 0 Å². The summed E-state index contributed by atoms with van der Waals surface area (Å²) in [6.07, 6.45) is 4.74. The fourth-order valence-corrected chi connectivity index (χ4v) is 8.06. The van der Waals surface area contributed by atoms with E-state index in [0.29, 0.717) is 40.8 Å². The van der Waals surface area contributed by atoms with Gasteiger partial charge in [-0.15, -0.1) is 0 Å². The van der Waals surface area contributed by atoms with Gasteiger partial charge in [-0.25, -0.2) is 9.78 Å². The second kappa shape index (κ2) is 11.3. The van der Waals surface area contributed by atoms with Crippen molar-refractivity contribution in [3.63, 3.8) is 0 Å². The number of anilines is 2. The maximum absolute atomic E-state index is 13.3. The van der Waals surface area contributed by atoms with Gasteiger partial charge in [-0.05, 0) is 94.0 Å². The number of amides is 1. The van der Waals surface area contributed by atoms with E-state index in [1.165, 1.54) is 0 Å². The Morgan fingerprint density at radius 2 is 1.93 bits per heavy atom.